The van der Waals surface area contributed by atoms with Crippen LogP contribution in [0.25, 0.3) is 0 Å². The van der Waals surface area contributed by atoms with Crippen LogP contribution in [-0.2, 0) is 24.2 Å². The van der Waals surface area contributed by atoms with Crippen molar-refractivity contribution in [3.8, 4) is 0 Å². The summed E-state index contributed by atoms with van der Waals surface area (Å²) in [5, 5.41) is 4.03. The molecule has 0 spiro atoms. The third-order valence-corrected chi connectivity index (χ3v) is 6.86. The van der Waals surface area contributed by atoms with Crippen molar-refractivity contribution in [3.05, 3.63) is 85.7 Å². The van der Waals surface area contributed by atoms with Crippen LogP contribution in [0, 0.1) is 0 Å². The first kappa shape index (κ1) is 21.8. The van der Waals surface area contributed by atoms with E-state index in [9.17, 15) is 9.59 Å². The number of methoxy groups -OCH3 is 1. The molecule has 2 heterocycles. The first-order valence-electron chi connectivity index (χ1n) is 9.71. The topological polar surface area (TPSA) is 58.6 Å². The van der Waals surface area contributed by atoms with E-state index in [4.69, 9.17) is 27.9 Å². The van der Waals surface area contributed by atoms with Crippen molar-refractivity contribution in [1.82, 2.24) is 4.90 Å². The molecule has 0 saturated carbocycles. The van der Waals surface area contributed by atoms with E-state index >= 15 is 0 Å². The van der Waals surface area contributed by atoms with Gasteiger partial charge in [-0.1, -0.05) is 53.5 Å². The summed E-state index contributed by atoms with van der Waals surface area (Å²) in [6, 6.07) is 14.9. The average molecular weight is 475 g/mol. The number of ether oxygens (including phenoxy) is 1. The molecule has 1 aliphatic rings. The van der Waals surface area contributed by atoms with E-state index in [0.717, 1.165) is 23.5 Å². The number of rotatable bonds is 5. The SMILES string of the molecule is COC(=O)c1c(NC(=O)c2ccc(Cl)cc2Cl)sc2c1CCN(Cc1ccccc1)C2. The molecule has 4 rings (SSSR count). The Morgan fingerprint density at radius 1 is 1.16 bits per heavy atom. The van der Waals surface area contributed by atoms with Gasteiger partial charge in [0.15, 0.2) is 0 Å². The minimum absolute atomic E-state index is 0.250. The molecular weight excluding hydrogens is 455 g/mol. The number of fused-ring (bicyclic) bond motifs is 1. The van der Waals surface area contributed by atoms with E-state index in [1.165, 1.54) is 30.1 Å². The van der Waals surface area contributed by atoms with Gasteiger partial charge in [0.25, 0.3) is 5.91 Å². The Labute approximate surface area is 194 Å². The maximum absolute atomic E-state index is 12.8. The van der Waals surface area contributed by atoms with Gasteiger partial charge in [0.1, 0.15) is 5.00 Å². The largest absolute Gasteiger partial charge is 0.465 e. The number of thiophene rings is 1. The molecule has 0 aliphatic carbocycles. The molecule has 1 amide bonds. The van der Waals surface area contributed by atoms with Gasteiger partial charge < -0.3 is 10.1 Å². The summed E-state index contributed by atoms with van der Waals surface area (Å²) in [4.78, 5) is 28.8. The summed E-state index contributed by atoms with van der Waals surface area (Å²) >= 11 is 13.5. The van der Waals surface area contributed by atoms with Crippen LogP contribution in [0.15, 0.2) is 48.5 Å². The molecule has 0 fully saturated rings. The zero-order chi connectivity index (χ0) is 22.0. The Morgan fingerprint density at radius 2 is 1.94 bits per heavy atom. The number of esters is 1. The fourth-order valence-electron chi connectivity index (χ4n) is 3.68. The maximum Gasteiger partial charge on any atom is 0.341 e. The molecule has 160 valence electrons. The lowest BCUT2D eigenvalue weighted by Gasteiger charge is -2.27. The Bertz CT molecular complexity index is 1130. The van der Waals surface area contributed by atoms with Crippen LogP contribution in [0.4, 0.5) is 5.00 Å². The minimum atomic E-state index is -0.452. The number of halogens is 2. The zero-order valence-electron chi connectivity index (χ0n) is 16.8. The summed E-state index contributed by atoms with van der Waals surface area (Å²) in [6.45, 7) is 2.35. The molecule has 0 bridgehead atoms. The lowest BCUT2D eigenvalue weighted by molar-refractivity contribution is 0.0600. The van der Waals surface area contributed by atoms with Gasteiger partial charge in [0.2, 0.25) is 0 Å². The Balaban J connectivity index is 1.60. The summed E-state index contributed by atoms with van der Waals surface area (Å²) in [7, 11) is 1.35. The van der Waals surface area contributed by atoms with Crippen molar-refractivity contribution < 1.29 is 14.3 Å². The second-order valence-corrected chi connectivity index (χ2v) is 9.17. The number of hydrogen-bond acceptors (Lipinski definition) is 5. The molecule has 0 saturated heterocycles. The second-order valence-electron chi connectivity index (χ2n) is 7.22. The molecule has 3 aromatic rings. The second kappa shape index (κ2) is 9.40. The highest BCUT2D eigenvalue weighted by Crippen LogP contribution is 2.38. The molecule has 0 atom stereocenters. The lowest BCUT2D eigenvalue weighted by atomic mass is 10.0. The van der Waals surface area contributed by atoms with Gasteiger partial charge in [0.05, 0.1) is 23.3 Å². The van der Waals surface area contributed by atoms with Gasteiger partial charge in [-0.2, -0.15) is 0 Å². The Hall–Kier alpha value is -2.38. The van der Waals surface area contributed by atoms with Crippen LogP contribution in [0.2, 0.25) is 10.0 Å². The van der Waals surface area contributed by atoms with Crippen LogP contribution in [-0.4, -0.2) is 30.4 Å². The fourth-order valence-corrected chi connectivity index (χ4v) is 5.45. The normalized spacial score (nSPS) is 13.5. The summed E-state index contributed by atoms with van der Waals surface area (Å²) in [6.07, 6.45) is 0.709. The minimum Gasteiger partial charge on any atom is -0.465 e. The number of nitrogens with zero attached hydrogens (tertiary/aromatic N) is 1. The molecule has 1 N–H and O–H groups in total. The van der Waals surface area contributed by atoms with Crippen LogP contribution in [0.5, 0.6) is 0 Å². The van der Waals surface area contributed by atoms with Crippen LogP contribution in [0.1, 0.15) is 36.7 Å². The zero-order valence-corrected chi connectivity index (χ0v) is 19.1. The van der Waals surface area contributed by atoms with Gasteiger partial charge in [0, 0.05) is 29.5 Å². The quantitative estimate of drug-likeness (QED) is 0.485. The summed E-state index contributed by atoms with van der Waals surface area (Å²) in [5.74, 6) is -0.849. The predicted molar refractivity (Wildman–Crippen MR) is 124 cm³/mol. The van der Waals surface area contributed by atoms with Crippen molar-refractivity contribution >= 4 is 51.4 Å². The molecule has 8 heteroatoms. The van der Waals surface area contributed by atoms with Crippen LogP contribution < -0.4 is 5.32 Å². The molecule has 1 aliphatic heterocycles. The lowest BCUT2D eigenvalue weighted by Crippen LogP contribution is -2.29. The highest BCUT2D eigenvalue weighted by molar-refractivity contribution is 7.17. The standard InChI is InChI=1S/C23H20Cl2N2O3S/c1-30-23(29)20-17-9-10-27(12-14-5-3-2-4-6-14)13-19(17)31-22(20)26-21(28)16-8-7-15(24)11-18(16)25/h2-8,11H,9-10,12-13H2,1H3,(H,26,28). The van der Waals surface area contributed by atoms with Gasteiger partial charge in [-0.3, -0.25) is 9.69 Å². The highest BCUT2D eigenvalue weighted by atomic mass is 35.5. The number of carbonyl (C=O) groups excluding carboxylic acids is 2. The fraction of sp³-hybridized carbons (Fsp3) is 0.217. The summed E-state index contributed by atoms with van der Waals surface area (Å²) < 4.78 is 5.01. The molecule has 2 aromatic carbocycles. The van der Waals surface area contributed by atoms with Crippen molar-refractivity contribution in [1.29, 1.82) is 0 Å². The van der Waals surface area contributed by atoms with E-state index in [0.29, 0.717) is 34.1 Å². The first-order valence-corrected chi connectivity index (χ1v) is 11.3. The highest BCUT2D eigenvalue weighted by Gasteiger charge is 2.29. The number of carbonyl (C=O) groups is 2. The molecule has 31 heavy (non-hydrogen) atoms. The van der Waals surface area contributed by atoms with Gasteiger partial charge >= 0.3 is 5.97 Å². The number of anilines is 1. The number of amides is 1. The van der Waals surface area contributed by atoms with Crippen molar-refractivity contribution in [2.24, 2.45) is 0 Å². The summed E-state index contributed by atoms with van der Waals surface area (Å²) in [5.41, 5.74) is 2.90. The third kappa shape index (κ3) is 4.77. The van der Waals surface area contributed by atoms with Crippen molar-refractivity contribution in [3.63, 3.8) is 0 Å². The van der Waals surface area contributed by atoms with E-state index in [1.807, 2.05) is 18.2 Å². The smallest absolute Gasteiger partial charge is 0.341 e. The maximum atomic E-state index is 12.8. The molecule has 0 unspecified atom stereocenters. The van der Waals surface area contributed by atoms with E-state index in [1.54, 1.807) is 12.1 Å². The Kier molecular flexibility index (Phi) is 6.62. The monoisotopic (exact) mass is 474 g/mol. The molecule has 5 nitrogen and oxygen atoms in total. The Morgan fingerprint density at radius 3 is 2.65 bits per heavy atom. The average Bonchev–Trinajstić information content (AvgIpc) is 3.10. The third-order valence-electron chi connectivity index (χ3n) is 5.18. The molecular formula is C23H20Cl2N2O3S. The van der Waals surface area contributed by atoms with Crippen LogP contribution >= 0.6 is 34.5 Å². The van der Waals surface area contributed by atoms with E-state index < -0.39 is 11.9 Å². The van der Waals surface area contributed by atoms with E-state index in [2.05, 4.69) is 22.3 Å². The van der Waals surface area contributed by atoms with Crippen molar-refractivity contribution in [2.45, 2.75) is 19.5 Å². The van der Waals surface area contributed by atoms with Gasteiger partial charge in [-0.05, 0) is 35.7 Å². The van der Waals surface area contributed by atoms with E-state index in [-0.39, 0.29) is 5.02 Å². The first-order chi connectivity index (χ1) is 15.0. The number of nitrogens with one attached hydrogen (secondary N) is 1. The van der Waals surface area contributed by atoms with Crippen LogP contribution in [0.3, 0.4) is 0 Å². The molecule has 0 radical (unpaired) electrons. The van der Waals surface area contributed by atoms with Gasteiger partial charge in [-0.25, -0.2) is 4.79 Å². The number of hydrogen-bond donors (Lipinski definition) is 1. The predicted octanol–water partition coefficient (Wildman–Crippen LogP) is 5.65. The number of benzene rings is 2. The van der Waals surface area contributed by atoms with Crippen molar-refractivity contribution in [2.75, 3.05) is 19.0 Å². The molecule has 1 aromatic heterocycles. The van der Waals surface area contributed by atoms with Gasteiger partial charge in [-0.15, -0.1) is 11.3 Å².